The van der Waals surface area contributed by atoms with E-state index in [-0.39, 0.29) is 12.5 Å². The molecule has 0 heterocycles. The minimum atomic E-state index is -1.14. The summed E-state index contributed by atoms with van der Waals surface area (Å²) < 4.78 is 5.28. The summed E-state index contributed by atoms with van der Waals surface area (Å²) in [5, 5.41) is 7.92. The van der Waals surface area contributed by atoms with Crippen molar-refractivity contribution < 1.29 is 23.9 Å². The predicted molar refractivity (Wildman–Crippen MR) is 130 cm³/mol. The average molecular weight is 468 g/mol. The first-order valence-corrected chi connectivity index (χ1v) is 11.2. The summed E-state index contributed by atoms with van der Waals surface area (Å²) in [4.78, 5) is 49.8. The molecule has 0 fully saturated rings. The van der Waals surface area contributed by atoms with E-state index >= 15 is 0 Å². The van der Waals surface area contributed by atoms with Gasteiger partial charge in [-0.15, -0.1) is 0 Å². The summed E-state index contributed by atoms with van der Waals surface area (Å²) in [5.41, 5.74) is 3.96. The Balaban J connectivity index is 1.90. The molecule has 8 heteroatoms. The van der Waals surface area contributed by atoms with Crippen molar-refractivity contribution in [3.63, 3.8) is 0 Å². The molecule has 2 aromatic carbocycles. The van der Waals surface area contributed by atoms with Gasteiger partial charge in [-0.1, -0.05) is 49.7 Å². The number of para-hydroxylation sites is 1. The maximum absolute atomic E-state index is 12.7. The van der Waals surface area contributed by atoms with Crippen LogP contribution < -0.4 is 16.0 Å². The molecule has 0 saturated carbocycles. The van der Waals surface area contributed by atoms with Gasteiger partial charge in [-0.25, -0.2) is 4.79 Å². The van der Waals surface area contributed by atoms with Crippen molar-refractivity contribution in [2.45, 2.75) is 53.7 Å². The molecule has 0 bridgehead atoms. The van der Waals surface area contributed by atoms with Gasteiger partial charge < -0.3 is 20.7 Å². The van der Waals surface area contributed by atoms with Crippen molar-refractivity contribution in [3.05, 3.63) is 64.7 Å². The largest absolute Gasteiger partial charge is 0.451 e. The number of hydrogen-bond donors (Lipinski definition) is 3. The van der Waals surface area contributed by atoms with Crippen LogP contribution in [0.4, 0.5) is 5.69 Å². The molecule has 3 amide bonds. The first kappa shape index (κ1) is 26.6. The number of nitrogens with one attached hydrogen (secondary N) is 3. The van der Waals surface area contributed by atoms with Gasteiger partial charge >= 0.3 is 5.97 Å². The van der Waals surface area contributed by atoms with Crippen molar-refractivity contribution in [2.24, 2.45) is 5.92 Å². The highest BCUT2D eigenvalue weighted by atomic mass is 16.5. The molecule has 0 aromatic heterocycles. The zero-order valence-corrected chi connectivity index (χ0v) is 20.5. The lowest BCUT2D eigenvalue weighted by Crippen LogP contribution is -2.48. The smallest absolute Gasteiger partial charge is 0.329 e. The monoisotopic (exact) mass is 467 g/mol. The number of aryl methyl sites for hydroxylation is 3. The molecule has 182 valence electrons. The van der Waals surface area contributed by atoms with Gasteiger partial charge in [0.05, 0.1) is 6.54 Å². The molecule has 0 aliphatic heterocycles. The van der Waals surface area contributed by atoms with Gasteiger partial charge in [0.1, 0.15) is 6.04 Å². The third-order valence-corrected chi connectivity index (χ3v) is 5.35. The Morgan fingerprint density at radius 3 is 2.03 bits per heavy atom. The van der Waals surface area contributed by atoms with Gasteiger partial charge in [0, 0.05) is 11.3 Å². The number of ether oxygens (including phenoxy) is 1. The van der Waals surface area contributed by atoms with Crippen LogP contribution in [0.5, 0.6) is 0 Å². The van der Waals surface area contributed by atoms with Gasteiger partial charge in [-0.2, -0.15) is 0 Å². The molecule has 0 aliphatic carbocycles. The summed E-state index contributed by atoms with van der Waals surface area (Å²) in [6.45, 7) is 10.3. The lowest BCUT2D eigenvalue weighted by molar-refractivity contribution is -0.157. The van der Waals surface area contributed by atoms with E-state index in [2.05, 4.69) is 16.0 Å². The number of carbonyl (C=O) groups is 4. The molecule has 1 unspecified atom stereocenters. The molecule has 3 N–H and O–H groups in total. The Morgan fingerprint density at radius 1 is 0.882 bits per heavy atom. The van der Waals surface area contributed by atoms with Crippen LogP contribution in [0.15, 0.2) is 42.5 Å². The molecule has 2 aromatic rings. The van der Waals surface area contributed by atoms with E-state index in [0.717, 1.165) is 16.7 Å². The highest BCUT2D eigenvalue weighted by Crippen LogP contribution is 2.19. The molecule has 0 radical (unpaired) electrons. The normalized spacial score (nSPS) is 12.4. The van der Waals surface area contributed by atoms with Gasteiger partial charge in [0.25, 0.3) is 11.8 Å². The maximum atomic E-state index is 12.7. The molecular formula is C26H33N3O5. The molecule has 0 spiro atoms. The van der Waals surface area contributed by atoms with Crippen molar-refractivity contribution >= 4 is 29.4 Å². The van der Waals surface area contributed by atoms with E-state index in [1.165, 1.54) is 6.92 Å². The maximum Gasteiger partial charge on any atom is 0.329 e. The fraction of sp³-hybridized carbons (Fsp3) is 0.385. The van der Waals surface area contributed by atoms with Gasteiger partial charge in [-0.05, 0) is 56.9 Å². The van der Waals surface area contributed by atoms with Gasteiger partial charge in [0.15, 0.2) is 6.10 Å². The Labute approximate surface area is 200 Å². The lowest BCUT2D eigenvalue weighted by Gasteiger charge is -2.23. The summed E-state index contributed by atoms with van der Waals surface area (Å²) in [5.74, 6) is -2.40. The number of amides is 3. The molecular weight excluding hydrogens is 434 g/mol. The fourth-order valence-corrected chi connectivity index (χ4v) is 3.23. The lowest BCUT2D eigenvalue weighted by atomic mass is 10.0. The van der Waals surface area contributed by atoms with Crippen LogP contribution in [0.1, 0.15) is 47.8 Å². The summed E-state index contributed by atoms with van der Waals surface area (Å²) in [7, 11) is 0. The van der Waals surface area contributed by atoms with E-state index in [4.69, 9.17) is 4.74 Å². The second-order valence-corrected chi connectivity index (χ2v) is 8.67. The molecule has 34 heavy (non-hydrogen) atoms. The first-order chi connectivity index (χ1) is 16.0. The van der Waals surface area contributed by atoms with Gasteiger partial charge in [0.2, 0.25) is 5.91 Å². The van der Waals surface area contributed by atoms with Crippen LogP contribution in [0.25, 0.3) is 0 Å². The number of anilines is 1. The third kappa shape index (κ3) is 7.43. The molecule has 0 aliphatic rings. The van der Waals surface area contributed by atoms with Crippen molar-refractivity contribution in [2.75, 3.05) is 11.9 Å². The van der Waals surface area contributed by atoms with Gasteiger partial charge in [-0.3, -0.25) is 14.4 Å². The minimum Gasteiger partial charge on any atom is -0.451 e. The zero-order valence-electron chi connectivity index (χ0n) is 20.5. The molecule has 2 rings (SSSR count). The second kappa shape index (κ2) is 12.0. The van der Waals surface area contributed by atoms with Crippen molar-refractivity contribution in [3.8, 4) is 0 Å². The van der Waals surface area contributed by atoms with Crippen LogP contribution in [0, 0.1) is 26.7 Å². The number of hydrogen-bond acceptors (Lipinski definition) is 5. The van der Waals surface area contributed by atoms with E-state index in [1.807, 2.05) is 39.0 Å². The quantitative estimate of drug-likeness (QED) is 0.491. The van der Waals surface area contributed by atoms with Crippen molar-refractivity contribution in [1.82, 2.24) is 10.6 Å². The molecule has 0 saturated heterocycles. The minimum absolute atomic E-state index is 0.264. The number of carbonyl (C=O) groups excluding carboxylic acids is 4. The van der Waals surface area contributed by atoms with Crippen molar-refractivity contribution in [1.29, 1.82) is 0 Å². The van der Waals surface area contributed by atoms with E-state index in [9.17, 15) is 19.2 Å². The van der Waals surface area contributed by atoms with E-state index in [0.29, 0.717) is 11.3 Å². The van der Waals surface area contributed by atoms with Crippen LogP contribution >= 0.6 is 0 Å². The Hall–Kier alpha value is -3.68. The average Bonchev–Trinajstić information content (AvgIpc) is 2.78. The topological polar surface area (TPSA) is 114 Å². The third-order valence-electron chi connectivity index (χ3n) is 5.35. The summed E-state index contributed by atoms with van der Waals surface area (Å²) in [6, 6.07) is 11.7. The SMILES string of the molecule is Cc1ccc(C(=O)N[C@H](C(=O)OC(C)C(=O)NCC(=O)Nc2c(C)cccc2C)C(C)C)cc1. The molecule has 8 nitrogen and oxygen atoms in total. The summed E-state index contributed by atoms with van der Waals surface area (Å²) in [6.07, 6.45) is -1.14. The Kier molecular flexibility index (Phi) is 9.36. The number of esters is 1. The van der Waals surface area contributed by atoms with Crippen LogP contribution in [0.2, 0.25) is 0 Å². The van der Waals surface area contributed by atoms with Crippen LogP contribution in [0.3, 0.4) is 0 Å². The molecule has 2 atom stereocenters. The fourth-order valence-electron chi connectivity index (χ4n) is 3.23. The van der Waals surface area contributed by atoms with Crippen LogP contribution in [-0.4, -0.2) is 42.4 Å². The number of rotatable bonds is 9. The second-order valence-electron chi connectivity index (χ2n) is 8.67. The highest BCUT2D eigenvalue weighted by molar-refractivity contribution is 5.98. The Bertz CT molecular complexity index is 1030. The first-order valence-electron chi connectivity index (χ1n) is 11.2. The standard InChI is InChI=1S/C26H33N3O5/c1-15(2)22(29-25(32)20-12-10-16(3)11-13-20)26(33)34-19(6)24(31)27-14-21(30)28-23-17(4)8-7-9-18(23)5/h7-13,15,19,22H,14H2,1-6H3,(H,27,31)(H,28,30)(H,29,32)/t19?,22-/m0/s1. The van der Waals surface area contributed by atoms with E-state index in [1.54, 1.807) is 38.1 Å². The predicted octanol–water partition coefficient (Wildman–Crippen LogP) is 3.05. The number of benzene rings is 2. The highest BCUT2D eigenvalue weighted by Gasteiger charge is 2.29. The summed E-state index contributed by atoms with van der Waals surface area (Å²) >= 11 is 0. The van der Waals surface area contributed by atoms with Crippen LogP contribution in [-0.2, 0) is 19.1 Å². The zero-order chi connectivity index (χ0) is 25.4. The van der Waals surface area contributed by atoms with E-state index < -0.39 is 35.8 Å². The Morgan fingerprint density at radius 2 is 1.47 bits per heavy atom.